The predicted octanol–water partition coefficient (Wildman–Crippen LogP) is 3.30. The normalized spacial score (nSPS) is 18.2. The van der Waals surface area contributed by atoms with Crippen molar-refractivity contribution in [2.45, 2.75) is 45.7 Å². The number of para-hydroxylation sites is 1. The third-order valence-corrected chi connectivity index (χ3v) is 8.00. The minimum Gasteiger partial charge on any atom is -0.382 e. The minimum atomic E-state index is -0.576. The molecule has 2 aromatic carbocycles. The van der Waals surface area contributed by atoms with E-state index >= 15 is 0 Å². The summed E-state index contributed by atoms with van der Waals surface area (Å²) in [4.78, 5) is 32.4. The van der Waals surface area contributed by atoms with Crippen molar-refractivity contribution in [2.75, 3.05) is 47.8 Å². The molecule has 0 aliphatic carbocycles. The summed E-state index contributed by atoms with van der Waals surface area (Å²) in [5.74, 6) is 0.432. The molecule has 0 bridgehead atoms. The van der Waals surface area contributed by atoms with E-state index in [1.54, 1.807) is 11.1 Å². The topological polar surface area (TPSA) is 108 Å². The highest BCUT2D eigenvalue weighted by atomic mass is 16.2. The van der Waals surface area contributed by atoms with E-state index in [4.69, 9.17) is 5.73 Å². The van der Waals surface area contributed by atoms with E-state index in [0.29, 0.717) is 24.7 Å². The Hall–Kier alpha value is -4.14. The average Bonchev–Trinajstić information content (AvgIpc) is 2.96. The minimum absolute atomic E-state index is 0.0514. The van der Waals surface area contributed by atoms with E-state index < -0.39 is 11.9 Å². The molecule has 1 unspecified atom stereocenters. The van der Waals surface area contributed by atoms with Crippen LogP contribution in [0.2, 0.25) is 0 Å². The van der Waals surface area contributed by atoms with Crippen molar-refractivity contribution in [3.63, 3.8) is 0 Å². The van der Waals surface area contributed by atoms with Gasteiger partial charge in [-0.3, -0.25) is 9.59 Å². The Labute approximate surface area is 230 Å². The highest BCUT2D eigenvalue weighted by Crippen LogP contribution is 2.31. The summed E-state index contributed by atoms with van der Waals surface area (Å²) in [6.07, 6.45) is 3.62. The first-order valence-corrected chi connectivity index (χ1v) is 13.6. The van der Waals surface area contributed by atoms with Crippen molar-refractivity contribution in [1.29, 1.82) is 0 Å². The fraction of sp³-hybridized carbons (Fsp3) is 0.400. The molecule has 3 aromatic rings. The molecule has 0 spiro atoms. The van der Waals surface area contributed by atoms with Gasteiger partial charge in [-0.2, -0.15) is 5.10 Å². The zero-order valence-electron chi connectivity index (χ0n) is 22.9. The van der Waals surface area contributed by atoms with Crippen LogP contribution in [0.15, 0.2) is 54.7 Å². The number of carbonyl (C=O) groups excluding carboxylic acids is 2. The number of aryl methyl sites for hydroxylation is 2. The maximum Gasteiger partial charge on any atom is 0.254 e. The number of nitrogens with two attached hydrogens (primary N) is 1. The number of rotatable bonds is 6. The Morgan fingerprint density at radius 1 is 0.949 bits per heavy atom. The van der Waals surface area contributed by atoms with Crippen molar-refractivity contribution in [3.8, 4) is 0 Å². The molecule has 1 aromatic heterocycles. The molecule has 1 atom stereocenters. The van der Waals surface area contributed by atoms with Gasteiger partial charge in [0.05, 0.1) is 6.54 Å². The summed E-state index contributed by atoms with van der Waals surface area (Å²) < 4.78 is 0. The summed E-state index contributed by atoms with van der Waals surface area (Å²) in [7, 11) is 0. The quantitative estimate of drug-likeness (QED) is 0.506. The van der Waals surface area contributed by atoms with Gasteiger partial charge in [-0.1, -0.05) is 24.3 Å². The van der Waals surface area contributed by atoms with Crippen LogP contribution >= 0.6 is 0 Å². The van der Waals surface area contributed by atoms with E-state index in [-0.39, 0.29) is 12.5 Å². The number of nitrogens with one attached hydrogen (secondary N) is 1. The molecule has 5 rings (SSSR count). The van der Waals surface area contributed by atoms with Crippen LogP contribution in [0.3, 0.4) is 0 Å². The van der Waals surface area contributed by atoms with Gasteiger partial charge < -0.3 is 25.8 Å². The number of carbonyl (C=O) groups is 2. The third kappa shape index (κ3) is 5.53. The largest absolute Gasteiger partial charge is 0.382 e. The molecule has 0 saturated carbocycles. The molecule has 204 valence electrons. The number of piperazine rings is 1. The lowest BCUT2D eigenvalue weighted by Crippen LogP contribution is -2.59. The molecule has 0 radical (unpaired) electrons. The molecule has 3 heterocycles. The first kappa shape index (κ1) is 26.5. The van der Waals surface area contributed by atoms with Gasteiger partial charge in [0.25, 0.3) is 5.91 Å². The van der Waals surface area contributed by atoms with E-state index in [1.165, 1.54) is 0 Å². The number of hydrogen-bond acceptors (Lipinski definition) is 7. The summed E-state index contributed by atoms with van der Waals surface area (Å²) in [5, 5.41) is 12.0. The van der Waals surface area contributed by atoms with Crippen molar-refractivity contribution < 1.29 is 9.59 Å². The fourth-order valence-electron chi connectivity index (χ4n) is 5.95. The Kier molecular flexibility index (Phi) is 7.67. The van der Waals surface area contributed by atoms with Gasteiger partial charge in [0.15, 0.2) is 5.82 Å². The first-order valence-electron chi connectivity index (χ1n) is 13.6. The van der Waals surface area contributed by atoms with Gasteiger partial charge in [-0.05, 0) is 74.6 Å². The van der Waals surface area contributed by atoms with E-state index in [9.17, 15) is 9.59 Å². The molecule has 2 saturated heterocycles. The highest BCUT2D eigenvalue weighted by Gasteiger charge is 2.35. The lowest BCUT2D eigenvalue weighted by atomic mass is 9.94. The summed E-state index contributed by atoms with van der Waals surface area (Å²) in [6, 6.07) is 15.5. The molecule has 9 heteroatoms. The van der Waals surface area contributed by atoms with Gasteiger partial charge in [-0.15, -0.1) is 5.10 Å². The van der Waals surface area contributed by atoms with Crippen LogP contribution < -0.4 is 20.9 Å². The number of anilines is 3. The Morgan fingerprint density at radius 3 is 2.36 bits per heavy atom. The van der Waals surface area contributed by atoms with Crippen LogP contribution in [0, 0.1) is 20.8 Å². The van der Waals surface area contributed by atoms with Crippen LogP contribution in [-0.4, -0.2) is 71.7 Å². The van der Waals surface area contributed by atoms with Crippen LogP contribution in [0.5, 0.6) is 0 Å². The number of nitrogens with zero attached hydrogens (tertiary/aromatic N) is 5. The van der Waals surface area contributed by atoms with Crippen molar-refractivity contribution >= 4 is 29.0 Å². The van der Waals surface area contributed by atoms with Crippen molar-refractivity contribution in [2.24, 2.45) is 5.73 Å². The molecule has 9 nitrogen and oxygen atoms in total. The van der Waals surface area contributed by atoms with Crippen LogP contribution in [0.4, 0.5) is 17.2 Å². The SMILES string of the molecule is Cc1cc(C)c(C(=O)N2CCN(c3ccccc3)C(C(N)=O)C2)c(C)c1NC1CCN(c2cccnn2)CC1. The van der Waals surface area contributed by atoms with E-state index in [2.05, 4.69) is 33.4 Å². The van der Waals surface area contributed by atoms with Crippen LogP contribution in [0.1, 0.15) is 39.9 Å². The molecular formula is C30H37N7O2. The zero-order chi connectivity index (χ0) is 27.5. The summed E-state index contributed by atoms with van der Waals surface area (Å²) in [6.45, 7) is 9.22. The van der Waals surface area contributed by atoms with Crippen LogP contribution in [0.25, 0.3) is 0 Å². The highest BCUT2D eigenvalue weighted by molar-refractivity contribution is 5.99. The first-order chi connectivity index (χ1) is 18.8. The maximum atomic E-state index is 13.9. The number of benzene rings is 2. The van der Waals surface area contributed by atoms with Gasteiger partial charge in [0.1, 0.15) is 6.04 Å². The smallest absolute Gasteiger partial charge is 0.254 e. The molecule has 2 amide bonds. The number of amides is 2. The summed E-state index contributed by atoms with van der Waals surface area (Å²) >= 11 is 0. The molecule has 2 aliphatic rings. The third-order valence-electron chi connectivity index (χ3n) is 8.00. The molecule has 2 aliphatic heterocycles. The van der Waals surface area contributed by atoms with E-state index in [0.717, 1.165) is 59.8 Å². The Bertz CT molecular complexity index is 1320. The lowest BCUT2D eigenvalue weighted by Gasteiger charge is -2.41. The van der Waals surface area contributed by atoms with Gasteiger partial charge in [0.2, 0.25) is 5.91 Å². The Morgan fingerprint density at radius 2 is 1.69 bits per heavy atom. The summed E-state index contributed by atoms with van der Waals surface area (Å²) in [5.41, 5.74) is 11.5. The molecule has 2 fully saturated rings. The second-order valence-electron chi connectivity index (χ2n) is 10.6. The predicted molar refractivity (Wildman–Crippen MR) is 154 cm³/mol. The standard InChI is InChI=1S/C30H37N7O2/c1-20-18-21(2)28(33-23-11-14-35(15-12-23)26-10-7-13-32-34-26)22(3)27(20)30(39)36-16-17-37(25(19-36)29(31)38)24-8-5-4-6-9-24/h4-10,13,18,23,25,33H,11-12,14-17,19H2,1-3H3,(H2,31,38). The monoisotopic (exact) mass is 527 g/mol. The molecule has 39 heavy (non-hydrogen) atoms. The zero-order valence-corrected chi connectivity index (χ0v) is 22.9. The molecule has 3 N–H and O–H groups in total. The van der Waals surface area contributed by atoms with Gasteiger partial charge in [0, 0.05) is 55.4 Å². The van der Waals surface area contributed by atoms with Gasteiger partial charge in [-0.25, -0.2) is 0 Å². The lowest BCUT2D eigenvalue weighted by molar-refractivity contribution is -0.119. The maximum absolute atomic E-state index is 13.9. The number of hydrogen-bond donors (Lipinski definition) is 2. The number of primary amides is 1. The van der Waals surface area contributed by atoms with Crippen molar-refractivity contribution in [3.05, 3.63) is 77.0 Å². The second kappa shape index (κ2) is 11.3. The fourth-order valence-corrected chi connectivity index (χ4v) is 5.95. The second-order valence-corrected chi connectivity index (χ2v) is 10.6. The average molecular weight is 528 g/mol. The Balaban J connectivity index is 1.32. The van der Waals surface area contributed by atoms with E-state index in [1.807, 2.05) is 61.2 Å². The van der Waals surface area contributed by atoms with Crippen LogP contribution in [-0.2, 0) is 4.79 Å². The number of piperidine rings is 1. The van der Waals surface area contributed by atoms with Gasteiger partial charge >= 0.3 is 0 Å². The molecular weight excluding hydrogens is 490 g/mol. The number of aromatic nitrogens is 2. The van der Waals surface area contributed by atoms with Crippen molar-refractivity contribution in [1.82, 2.24) is 15.1 Å².